The topological polar surface area (TPSA) is 25.8 Å². The smallest absolute Gasteiger partial charge is 0.247 e. The molecule has 2 saturated carbocycles. The first kappa shape index (κ1) is 19.6. The van der Waals surface area contributed by atoms with E-state index in [9.17, 15) is 17.6 Å². The van der Waals surface area contributed by atoms with Gasteiger partial charge in [0, 0.05) is 17.8 Å². The highest BCUT2D eigenvalue weighted by atomic mass is 19.4. The second kappa shape index (κ2) is 8.22. The number of hydrogen-bond acceptors (Lipinski definition) is 2. The van der Waals surface area contributed by atoms with Gasteiger partial charge < -0.3 is 0 Å². The Morgan fingerprint density at radius 3 is 2.50 bits per heavy atom. The molecule has 1 aromatic rings. The van der Waals surface area contributed by atoms with Crippen LogP contribution in [0.2, 0.25) is 0 Å². The average molecular weight is 372 g/mol. The molecular weight excluding hydrogens is 344 g/mol. The maximum atomic E-state index is 14.2. The summed E-state index contributed by atoms with van der Waals surface area (Å²) in [5.74, 6) is -0.969. The third-order valence-electron chi connectivity index (χ3n) is 6.18. The van der Waals surface area contributed by atoms with Crippen molar-refractivity contribution in [2.45, 2.75) is 83.0 Å². The monoisotopic (exact) mass is 372 g/mol. The average Bonchev–Trinajstić information content (AvgIpc) is 2.59. The van der Waals surface area contributed by atoms with Gasteiger partial charge in [-0.15, -0.1) is 0 Å². The van der Waals surface area contributed by atoms with Crippen molar-refractivity contribution in [3.63, 3.8) is 0 Å². The molecule has 0 N–H and O–H groups in total. The van der Waals surface area contributed by atoms with E-state index in [4.69, 9.17) is 0 Å². The van der Waals surface area contributed by atoms with E-state index in [-0.39, 0.29) is 24.7 Å². The van der Waals surface area contributed by atoms with Gasteiger partial charge in [-0.3, -0.25) is 0 Å². The van der Waals surface area contributed by atoms with E-state index in [1.807, 2.05) is 6.92 Å². The van der Waals surface area contributed by atoms with Crippen LogP contribution < -0.4 is 0 Å². The first-order valence-corrected chi connectivity index (χ1v) is 9.83. The lowest BCUT2D eigenvalue weighted by molar-refractivity contribution is -0.192. The fraction of sp³-hybridized carbons (Fsp3) is 0.800. The van der Waals surface area contributed by atoms with Gasteiger partial charge in [0.1, 0.15) is 12.0 Å². The highest BCUT2D eigenvalue weighted by Crippen LogP contribution is 2.47. The third-order valence-corrected chi connectivity index (χ3v) is 6.18. The fourth-order valence-corrected chi connectivity index (χ4v) is 4.82. The molecular formula is C20H28F4N2. The molecule has 0 spiro atoms. The van der Waals surface area contributed by atoms with Crippen LogP contribution >= 0.6 is 0 Å². The molecule has 2 nitrogen and oxygen atoms in total. The molecule has 0 radical (unpaired) electrons. The molecule has 0 aliphatic heterocycles. The SMILES string of the molecule is Cc1ccnc([C@@H](CC2CCCCC2)C2CC(F)CC(C(F)(F)F)C2)n1. The molecule has 1 aromatic heterocycles. The molecule has 0 saturated heterocycles. The summed E-state index contributed by atoms with van der Waals surface area (Å²) in [7, 11) is 0. The van der Waals surface area contributed by atoms with Crippen LogP contribution in [0.3, 0.4) is 0 Å². The number of nitrogens with zero attached hydrogens (tertiary/aromatic N) is 2. The van der Waals surface area contributed by atoms with Crippen molar-refractivity contribution in [2.24, 2.45) is 17.8 Å². The molecule has 3 unspecified atom stereocenters. The predicted molar refractivity (Wildman–Crippen MR) is 92.5 cm³/mol. The van der Waals surface area contributed by atoms with Crippen molar-refractivity contribution in [2.75, 3.05) is 0 Å². The highest BCUT2D eigenvalue weighted by Gasteiger charge is 2.47. The number of halogens is 4. The van der Waals surface area contributed by atoms with Gasteiger partial charge in [-0.2, -0.15) is 13.2 Å². The summed E-state index contributed by atoms with van der Waals surface area (Å²) in [6, 6.07) is 1.79. The lowest BCUT2D eigenvalue weighted by atomic mass is 9.70. The second-order valence-electron chi connectivity index (χ2n) is 8.21. The standard InChI is InChI=1S/C20H28F4N2/c1-13-7-8-25-19(26-13)18(9-14-5-3-2-4-6-14)15-10-16(20(22,23)24)12-17(21)11-15/h7-8,14-18H,2-6,9-12H2,1H3/t15?,16?,17?,18-/m0/s1. The molecule has 4 atom stereocenters. The molecule has 2 aliphatic rings. The van der Waals surface area contributed by atoms with Crippen molar-refractivity contribution in [1.29, 1.82) is 0 Å². The van der Waals surface area contributed by atoms with Gasteiger partial charge in [0.25, 0.3) is 0 Å². The molecule has 1 heterocycles. The number of alkyl halides is 4. The summed E-state index contributed by atoms with van der Waals surface area (Å²) in [5, 5.41) is 0. The summed E-state index contributed by atoms with van der Waals surface area (Å²) >= 11 is 0. The Morgan fingerprint density at radius 2 is 1.85 bits per heavy atom. The second-order valence-corrected chi connectivity index (χ2v) is 8.21. The Hall–Kier alpha value is -1.20. The van der Waals surface area contributed by atoms with E-state index < -0.39 is 24.7 Å². The Kier molecular flexibility index (Phi) is 6.18. The van der Waals surface area contributed by atoms with E-state index >= 15 is 0 Å². The van der Waals surface area contributed by atoms with Gasteiger partial charge in [0.2, 0.25) is 0 Å². The summed E-state index contributed by atoms with van der Waals surface area (Å²) in [6.45, 7) is 1.86. The molecule has 26 heavy (non-hydrogen) atoms. The highest BCUT2D eigenvalue weighted by molar-refractivity contribution is 5.07. The molecule has 0 bridgehead atoms. The number of hydrogen-bond donors (Lipinski definition) is 0. The largest absolute Gasteiger partial charge is 0.391 e. The van der Waals surface area contributed by atoms with Crippen LogP contribution in [0, 0.1) is 24.7 Å². The Labute approximate surface area is 152 Å². The summed E-state index contributed by atoms with van der Waals surface area (Å²) < 4.78 is 54.0. The van der Waals surface area contributed by atoms with E-state index in [0.717, 1.165) is 25.0 Å². The third kappa shape index (κ3) is 4.95. The van der Waals surface area contributed by atoms with Gasteiger partial charge in [0.15, 0.2) is 0 Å². The maximum Gasteiger partial charge on any atom is 0.391 e. The Balaban J connectivity index is 1.83. The first-order valence-electron chi connectivity index (χ1n) is 9.83. The minimum absolute atomic E-state index is 0.00138. The van der Waals surface area contributed by atoms with Crippen LogP contribution in [0.4, 0.5) is 17.6 Å². The van der Waals surface area contributed by atoms with Crippen LogP contribution in [-0.4, -0.2) is 22.3 Å². The van der Waals surface area contributed by atoms with Crippen LogP contribution in [0.25, 0.3) is 0 Å². The normalized spacial score (nSPS) is 29.5. The van der Waals surface area contributed by atoms with Gasteiger partial charge >= 0.3 is 6.18 Å². The molecule has 146 valence electrons. The van der Waals surface area contributed by atoms with E-state index in [1.54, 1.807) is 12.3 Å². The molecule has 0 amide bonds. The zero-order chi connectivity index (χ0) is 18.7. The molecule has 6 heteroatoms. The van der Waals surface area contributed by atoms with E-state index in [0.29, 0.717) is 11.7 Å². The van der Waals surface area contributed by atoms with E-state index in [2.05, 4.69) is 9.97 Å². The quantitative estimate of drug-likeness (QED) is 0.592. The van der Waals surface area contributed by atoms with Gasteiger partial charge in [0.05, 0.1) is 5.92 Å². The lowest BCUT2D eigenvalue weighted by Gasteiger charge is -2.38. The molecule has 0 aromatic carbocycles. The predicted octanol–water partition coefficient (Wildman–Crippen LogP) is 6.16. The summed E-state index contributed by atoms with van der Waals surface area (Å²) in [6.07, 6.45) is 2.33. The zero-order valence-corrected chi connectivity index (χ0v) is 15.3. The van der Waals surface area contributed by atoms with Crippen LogP contribution in [0.15, 0.2) is 12.3 Å². The minimum Gasteiger partial charge on any atom is -0.247 e. The van der Waals surface area contributed by atoms with Crippen LogP contribution in [0.5, 0.6) is 0 Å². The van der Waals surface area contributed by atoms with E-state index in [1.165, 1.54) is 19.3 Å². The van der Waals surface area contributed by atoms with Gasteiger partial charge in [-0.25, -0.2) is 14.4 Å². The van der Waals surface area contributed by atoms with Crippen molar-refractivity contribution in [1.82, 2.24) is 9.97 Å². The summed E-state index contributed by atoms with van der Waals surface area (Å²) in [4.78, 5) is 8.89. The lowest BCUT2D eigenvalue weighted by Crippen LogP contribution is -2.36. The maximum absolute atomic E-state index is 14.2. The van der Waals surface area contributed by atoms with Crippen molar-refractivity contribution < 1.29 is 17.6 Å². The Bertz CT molecular complexity index is 583. The van der Waals surface area contributed by atoms with Crippen LogP contribution in [-0.2, 0) is 0 Å². The van der Waals surface area contributed by atoms with Crippen molar-refractivity contribution >= 4 is 0 Å². The van der Waals surface area contributed by atoms with Gasteiger partial charge in [-0.05, 0) is 50.5 Å². The summed E-state index contributed by atoms with van der Waals surface area (Å²) in [5.41, 5.74) is 0.809. The minimum atomic E-state index is -4.33. The first-order chi connectivity index (χ1) is 12.3. The van der Waals surface area contributed by atoms with Crippen molar-refractivity contribution in [3.05, 3.63) is 23.8 Å². The number of rotatable bonds is 4. The number of aromatic nitrogens is 2. The van der Waals surface area contributed by atoms with Crippen molar-refractivity contribution in [3.8, 4) is 0 Å². The Morgan fingerprint density at radius 1 is 1.12 bits per heavy atom. The van der Waals surface area contributed by atoms with Crippen LogP contribution in [0.1, 0.15) is 75.2 Å². The molecule has 2 fully saturated rings. The zero-order valence-electron chi connectivity index (χ0n) is 15.3. The molecule has 3 rings (SSSR count). The van der Waals surface area contributed by atoms with Gasteiger partial charge in [-0.1, -0.05) is 32.1 Å². The molecule has 2 aliphatic carbocycles. The fourth-order valence-electron chi connectivity index (χ4n) is 4.82. The number of aryl methyl sites for hydroxylation is 1.